The summed E-state index contributed by atoms with van der Waals surface area (Å²) < 4.78 is 0. The molecule has 0 unspecified atom stereocenters. The summed E-state index contributed by atoms with van der Waals surface area (Å²) in [5, 5.41) is 11.4. The van der Waals surface area contributed by atoms with Gasteiger partial charge in [0.25, 0.3) is 0 Å². The number of hydrogen-bond donors (Lipinski definition) is 0. The monoisotopic (exact) mass is 271 g/mol. The van der Waals surface area contributed by atoms with E-state index in [2.05, 4.69) is 56.3 Å². The van der Waals surface area contributed by atoms with Gasteiger partial charge in [-0.25, -0.2) is 0 Å². The molecule has 0 fully saturated rings. The molecular formula is C20H17N. The lowest BCUT2D eigenvalue weighted by Crippen LogP contribution is -1.87. The van der Waals surface area contributed by atoms with Crippen molar-refractivity contribution < 1.29 is 0 Å². The molecule has 102 valence electrons. The Labute approximate surface area is 125 Å². The van der Waals surface area contributed by atoms with Crippen LogP contribution in [0.15, 0.2) is 60.7 Å². The number of nitriles is 1. The number of hydrogen-bond acceptors (Lipinski definition) is 1. The lowest BCUT2D eigenvalue weighted by Gasteiger charge is -2.08. The summed E-state index contributed by atoms with van der Waals surface area (Å²) in [6.07, 6.45) is 0. The quantitative estimate of drug-likeness (QED) is 0.603. The van der Waals surface area contributed by atoms with E-state index in [0.29, 0.717) is 11.5 Å². The highest BCUT2D eigenvalue weighted by Crippen LogP contribution is 2.27. The third kappa shape index (κ3) is 2.66. The van der Waals surface area contributed by atoms with Crippen molar-refractivity contribution in [2.45, 2.75) is 19.8 Å². The molecule has 0 bridgehead atoms. The van der Waals surface area contributed by atoms with Crippen LogP contribution in [0.2, 0.25) is 0 Å². The van der Waals surface area contributed by atoms with Gasteiger partial charge in [-0.1, -0.05) is 56.3 Å². The molecule has 1 heteroatoms. The van der Waals surface area contributed by atoms with Crippen LogP contribution in [0.4, 0.5) is 0 Å². The Hall–Kier alpha value is -2.59. The van der Waals surface area contributed by atoms with Crippen molar-refractivity contribution >= 4 is 10.8 Å². The minimum atomic E-state index is 0.549. The van der Waals surface area contributed by atoms with Crippen LogP contribution in [-0.2, 0) is 0 Å². The second-order valence-corrected chi connectivity index (χ2v) is 5.67. The summed E-state index contributed by atoms with van der Waals surface area (Å²) in [6.45, 7) is 4.43. The molecule has 0 aliphatic rings. The first-order chi connectivity index (χ1) is 10.2. The highest BCUT2D eigenvalue weighted by molar-refractivity contribution is 5.88. The lowest BCUT2D eigenvalue weighted by atomic mass is 9.96. The van der Waals surface area contributed by atoms with Gasteiger partial charge in [-0.3, -0.25) is 0 Å². The maximum Gasteiger partial charge on any atom is 0.0991 e. The van der Waals surface area contributed by atoms with Crippen LogP contribution in [0.5, 0.6) is 0 Å². The zero-order valence-electron chi connectivity index (χ0n) is 12.3. The van der Waals surface area contributed by atoms with Crippen LogP contribution in [0.25, 0.3) is 21.9 Å². The first kappa shape index (κ1) is 13.4. The van der Waals surface area contributed by atoms with E-state index in [0.717, 1.165) is 5.56 Å². The van der Waals surface area contributed by atoms with Crippen LogP contribution in [-0.4, -0.2) is 0 Å². The van der Waals surface area contributed by atoms with Crippen molar-refractivity contribution in [3.8, 4) is 17.2 Å². The molecule has 0 aliphatic heterocycles. The second kappa shape index (κ2) is 5.42. The molecular weight excluding hydrogens is 254 g/mol. The van der Waals surface area contributed by atoms with Gasteiger partial charge in [-0.2, -0.15) is 5.26 Å². The zero-order valence-corrected chi connectivity index (χ0v) is 12.3. The van der Waals surface area contributed by atoms with E-state index in [4.69, 9.17) is 5.26 Å². The normalized spacial score (nSPS) is 10.8. The molecule has 0 amide bonds. The molecule has 3 rings (SSSR count). The maximum absolute atomic E-state index is 8.86. The zero-order chi connectivity index (χ0) is 14.8. The van der Waals surface area contributed by atoms with Crippen LogP contribution >= 0.6 is 0 Å². The fourth-order valence-corrected chi connectivity index (χ4v) is 2.54. The fraction of sp³-hybridized carbons (Fsp3) is 0.150. The molecule has 0 radical (unpaired) electrons. The van der Waals surface area contributed by atoms with E-state index >= 15 is 0 Å². The maximum atomic E-state index is 8.86. The van der Waals surface area contributed by atoms with Crippen molar-refractivity contribution in [3.63, 3.8) is 0 Å². The smallest absolute Gasteiger partial charge is 0.0991 e. The Kier molecular flexibility index (Phi) is 3.46. The van der Waals surface area contributed by atoms with Gasteiger partial charge in [-0.05, 0) is 51.6 Å². The third-order valence-electron chi connectivity index (χ3n) is 3.88. The predicted octanol–water partition coefficient (Wildman–Crippen LogP) is 5.50. The SMILES string of the molecule is CC(C)c1ccc2cc(-c3ccc(C#N)cc3)ccc2c1. The Morgan fingerprint density at radius 2 is 1.38 bits per heavy atom. The van der Waals surface area contributed by atoms with Crippen LogP contribution in [0, 0.1) is 11.3 Å². The Bertz CT molecular complexity index is 821. The summed E-state index contributed by atoms with van der Waals surface area (Å²) in [5.74, 6) is 0.549. The van der Waals surface area contributed by atoms with Crippen molar-refractivity contribution in [2.24, 2.45) is 0 Å². The minimum absolute atomic E-state index is 0.549. The minimum Gasteiger partial charge on any atom is -0.192 e. The Morgan fingerprint density at radius 1 is 0.762 bits per heavy atom. The number of rotatable bonds is 2. The first-order valence-corrected chi connectivity index (χ1v) is 7.21. The van der Waals surface area contributed by atoms with Crippen LogP contribution in [0.1, 0.15) is 30.9 Å². The van der Waals surface area contributed by atoms with Gasteiger partial charge < -0.3 is 0 Å². The molecule has 0 aliphatic carbocycles. The summed E-state index contributed by atoms with van der Waals surface area (Å²) >= 11 is 0. The van der Waals surface area contributed by atoms with E-state index in [1.165, 1.54) is 21.9 Å². The predicted molar refractivity (Wildman–Crippen MR) is 88.2 cm³/mol. The van der Waals surface area contributed by atoms with Gasteiger partial charge in [0.1, 0.15) is 0 Å². The molecule has 0 heterocycles. The molecule has 0 N–H and O–H groups in total. The number of fused-ring (bicyclic) bond motifs is 1. The van der Waals surface area contributed by atoms with Crippen LogP contribution < -0.4 is 0 Å². The van der Waals surface area contributed by atoms with Crippen molar-refractivity contribution in [2.75, 3.05) is 0 Å². The fourth-order valence-electron chi connectivity index (χ4n) is 2.54. The van der Waals surface area contributed by atoms with E-state index in [-0.39, 0.29) is 0 Å². The topological polar surface area (TPSA) is 23.8 Å². The van der Waals surface area contributed by atoms with Crippen LogP contribution in [0.3, 0.4) is 0 Å². The Balaban J connectivity index is 2.04. The lowest BCUT2D eigenvalue weighted by molar-refractivity contribution is 0.869. The average molecular weight is 271 g/mol. The van der Waals surface area contributed by atoms with Gasteiger partial charge in [0.2, 0.25) is 0 Å². The average Bonchev–Trinajstić information content (AvgIpc) is 2.54. The van der Waals surface area contributed by atoms with Gasteiger partial charge in [0, 0.05) is 0 Å². The van der Waals surface area contributed by atoms with Gasteiger partial charge >= 0.3 is 0 Å². The summed E-state index contributed by atoms with van der Waals surface area (Å²) in [5.41, 5.74) is 4.39. The highest BCUT2D eigenvalue weighted by atomic mass is 14.2. The largest absolute Gasteiger partial charge is 0.192 e. The highest BCUT2D eigenvalue weighted by Gasteiger charge is 2.03. The Morgan fingerprint density at radius 3 is 2.05 bits per heavy atom. The van der Waals surface area contributed by atoms with Crippen molar-refractivity contribution in [3.05, 3.63) is 71.8 Å². The van der Waals surface area contributed by atoms with E-state index in [1.807, 2.05) is 24.3 Å². The van der Waals surface area contributed by atoms with E-state index < -0.39 is 0 Å². The second-order valence-electron chi connectivity index (χ2n) is 5.67. The number of nitrogens with zero attached hydrogens (tertiary/aromatic N) is 1. The van der Waals surface area contributed by atoms with Gasteiger partial charge in [0.05, 0.1) is 11.6 Å². The van der Waals surface area contributed by atoms with E-state index in [9.17, 15) is 0 Å². The molecule has 0 saturated heterocycles. The molecule has 1 nitrogen and oxygen atoms in total. The molecule has 0 aromatic heterocycles. The third-order valence-corrected chi connectivity index (χ3v) is 3.88. The molecule has 3 aromatic rings. The molecule has 3 aromatic carbocycles. The molecule has 21 heavy (non-hydrogen) atoms. The van der Waals surface area contributed by atoms with Crippen molar-refractivity contribution in [1.82, 2.24) is 0 Å². The summed E-state index contributed by atoms with van der Waals surface area (Å²) in [7, 11) is 0. The molecule has 0 spiro atoms. The van der Waals surface area contributed by atoms with E-state index in [1.54, 1.807) is 0 Å². The molecule has 0 atom stereocenters. The summed E-state index contributed by atoms with van der Waals surface area (Å²) in [4.78, 5) is 0. The molecule has 0 saturated carbocycles. The number of benzene rings is 3. The van der Waals surface area contributed by atoms with Gasteiger partial charge in [-0.15, -0.1) is 0 Å². The summed E-state index contributed by atoms with van der Waals surface area (Å²) in [6, 6.07) is 23.1. The first-order valence-electron chi connectivity index (χ1n) is 7.21. The van der Waals surface area contributed by atoms with Gasteiger partial charge in [0.15, 0.2) is 0 Å². The van der Waals surface area contributed by atoms with Crippen molar-refractivity contribution in [1.29, 1.82) is 5.26 Å². The standard InChI is InChI=1S/C20H17N/c1-14(2)17-7-8-20-12-18(9-10-19(20)11-17)16-5-3-15(13-21)4-6-16/h3-12,14H,1-2H3.